The number of ether oxygens (including phenoxy) is 3. The average molecular weight is 817 g/mol. The lowest BCUT2D eigenvalue weighted by atomic mass is 9.96. The van der Waals surface area contributed by atoms with Crippen LogP contribution in [0.1, 0.15) is 162 Å². The predicted octanol–water partition coefficient (Wildman–Crippen LogP) is 2.93. The third-order valence-electron chi connectivity index (χ3n) is 10.3. The Balaban J connectivity index is 2.26. The number of primary amides is 1. The first-order valence-corrected chi connectivity index (χ1v) is 21.6. The number of unbranched alkanes of at least 4 members (excludes halogenated alkanes) is 18. The number of carbonyl (C=O) groups is 5. The highest BCUT2D eigenvalue weighted by Crippen LogP contribution is 2.24. The van der Waals surface area contributed by atoms with Gasteiger partial charge in [-0.3, -0.25) is 24.0 Å². The van der Waals surface area contributed by atoms with Crippen molar-refractivity contribution in [2.24, 2.45) is 5.73 Å². The maximum Gasteiger partial charge on any atom is 0.313 e. The number of amides is 3. The van der Waals surface area contributed by atoms with Crippen LogP contribution in [0.3, 0.4) is 0 Å². The molecule has 57 heavy (non-hydrogen) atoms. The van der Waals surface area contributed by atoms with Gasteiger partial charge in [-0.25, -0.2) is 0 Å². The van der Waals surface area contributed by atoms with Crippen molar-refractivity contribution in [3.63, 3.8) is 0 Å². The van der Waals surface area contributed by atoms with E-state index in [1.807, 2.05) is 0 Å². The van der Waals surface area contributed by atoms with Crippen LogP contribution in [0.5, 0.6) is 0 Å². The van der Waals surface area contributed by atoms with E-state index in [1.165, 1.54) is 103 Å². The summed E-state index contributed by atoms with van der Waals surface area (Å²) in [5, 5.41) is 47.9. The molecule has 0 spiro atoms. The maximum atomic E-state index is 12.9. The molecule has 0 aromatic rings. The van der Waals surface area contributed by atoms with Crippen molar-refractivity contribution in [2.75, 3.05) is 19.8 Å². The van der Waals surface area contributed by atoms with Gasteiger partial charge in [0, 0.05) is 26.3 Å². The SMILES string of the molecule is CCCCCCCCCCCCCCCCCCCCCC(=O)OC(=O)CC[C@@H](NC(=O)[C@H](CO)NCC(C)O[C@H]1[C@H](O)[C@@H](CO)O[C@H](O)[C@@H]1NC(C)=O)C(N)=O. The van der Waals surface area contributed by atoms with Gasteiger partial charge in [-0.15, -0.1) is 0 Å². The number of hydrogen-bond acceptors (Lipinski definition) is 13. The second kappa shape index (κ2) is 32.2. The van der Waals surface area contributed by atoms with E-state index < -0.39 is 91.7 Å². The number of nitrogens with two attached hydrogens (primary N) is 1. The van der Waals surface area contributed by atoms with Crippen molar-refractivity contribution < 1.29 is 58.6 Å². The van der Waals surface area contributed by atoms with Crippen molar-refractivity contribution in [2.45, 2.75) is 211 Å². The number of nitrogens with one attached hydrogen (secondary N) is 3. The first-order valence-electron chi connectivity index (χ1n) is 21.6. The van der Waals surface area contributed by atoms with E-state index in [0.29, 0.717) is 6.42 Å². The minimum Gasteiger partial charge on any atom is -0.394 e. The Bertz CT molecular complexity index is 1130. The van der Waals surface area contributed by atoms with Crippen LogP contribution in [0.15, 0.2) is 0 Å². The molecular formula is C41H76N4O12. The summed E-state index contributed by atoms with van der Waals surface area (Å²) in [6.45, 7) is 3.62. The summed E-state index contributed by atoms with van der Waals surface area (Å²) < 4.78 is 15.9. The Morgan fingerprint density at radius 1 is 0.737 bits per heavy atom. The van der Waals surface area contributed by atoms with Gasteiger partial charge in [0.2, 0.25) is 17.7 Å². The standard InChI is InChI=1S/C41H76N4O12/c1-4-5-6-7-8-9-10-11-12-13-14-15-16-17-18-19-20-21-22-23-34(49)57-35(50)25-24-31(39(42)52)45-40(53)32(27-46)43-26-29(2)55-38-36(44-30(3)48)41(54)56-33(28-47)37(38)51/h29,31-33,36-38,41,43,46-47,51,54H,4-28H2,1-3H3,(H2,42,52)(H,44,48)(H,45,53)/t29?,31-,32+,33-,36-,37-,38-,41+/m1/s1. The molecule has 332 valence electrons. The fraction of sp³-hybridized carbons (Fsp3) is 0.878. The molecule has 1 heterocycles. The quantitative estimate of drug-likeness (QED) is 0.0265. The lowest BCUT2D eigenvalue weighted by molar-refractivity contribution is -0.267. The van der Waals surface area contributed by atoms with Crippen LogP contribution in [-0.2, 0) is 38.2 Å². The van der Waals surface area contributed by atoms with Gasteiger partial charge < -0.3 is 56.3 Å². The zero-order valence-corrected chi connectivity index (χ0v) is 34.9. The largest absolute Gasteiger partial charge is 0.394 e. The van der Waals surface area contributed by atoms with Gasteiger partial charge in [-0.1, -0.05) is 122 Å². The molecule has 0 aromatic heterocycles. The molecule has 8 atom stereocenters. The van der Waals surface area contributed by atoms with Crippen LogP contribution >= 0.6 is 0 Å². The number of hydrogen-bond donors (Lipinski definition) is 8. The van der Waals surface area contributed by atoms with Crippen molar-refractivity contribution in [3.8, 4) is 0 Å². The smallest absolute Gasteiger partial charge is 0.313 e. The van der Waals surface area contributed by atoms with Crippen molar-refractivity contribution >= 4 is 29.7 Å². The Labute approximate surface area is 340 Å². The number of rotatable bonds is 34. The van der Waals surface area contributed by atoms with Gasteiger partial charge in [0.05, 0.1) is 19.3 Å². The minimum absolute atomic E-state index is 0.0788. The summed E-state index contributed by atoms with van der Waals surface area (Å²) in [4.78, 5) is 61.1. The molecular weight excluding hydrogens is 740 g/mol. The van der Waals surface area contributed by atoms with E-state index >= 15 is 0 Å². The lowest BCUT2D eigenvalue weighted by Gasteiger charge is -2.43. The highest BCUT2D eigenvalue weighted by Gasteiger charge is 2.46. The van der Waals surface area contributed by atoms with Crippen LogP contribution in [0, 0.1) is 0 Å². The second-order valence-corrected chi connectivity index (χ2v) is 15.5. The molecule has 1 aliphatic heterocycles. The number of aliphatic hydroxyl groups is 4. The number of carbonyl (C=O) groups excluding carboxylic acids is 5. The topological polar surface area (TPSA) is 256 Å². The summed E-state index contributed by atoms with van der Waals surface area (Å²) >= 11 is 0. The van der Waals surface area contributed by atoms with Crippen molar-refractivity contribution in [1.29, 1.82) is 0 Å². The highest BCUT2D eigenvalue weighted by molar-refractivity contribution is 5.90. The molecule has 1 saturated heterocycles. The summed E-state index contributed by atoms with van der Waals surface area (Å²) in [7, 11) is 0. The molecule has 9 N–H and O–H groups in total. The zero-order valence-electron chi connectivity index (χ0n) is 34.9. The summed E-state index contributed by atoms with van der Waals surface area (Å²) in [6.07, 6.45) is 17.0. The molecule has 0 aromatic carbocycles. The van der Waals surface area contributed by atoms with Crippen molar-refractivity contribution in [3.05, 3.63) is 0 Å². The molecule has 1 fully saturated rings. The van der Waals surface area contributed by atoms with E-state index in [-0.39, 0.29) is 25.8 Å². The van der Waals surface area contributed by atoms with Crippen LogP contribution in [0.4, 0.5) is 0 Å². The molecule has 0 aliphatic carbocycles. The van der Waals surface area contributed by atoms with Gasteiger partial charge in [-0.2, -0.15) is 0 Å². The van der Waals surface area contributed by atoms with Crippen LogP contribution < -0.4 is 21.7 Å². The Morgan fingerprint density at radius 2 is 1.23 bits per heavy atom. The third kappa shape index (κ3) is 24.1. The van der Waals surface area contributed by atoms with Crippen molar-refractivity contribution in [1.82, 2.24) is 16.0 Å². The molecule has 1 aliphatic rings. The monoisotopic (exact) mass is 817 g/mol. The summed E-state index contributed by atoms with van der Waals surface area (Å²) in [5.74, 6) is -3.75. The fourth-order valence-electron chi connectivity index (χ4n) is 6.90. The Morgan fingerprint density at radius 3 is 1.68 bits per heavy atom. The average Bonchev–Trinajstić information content (AvgIpc) is 3.16. The molecule has 0 saturated carbocycles. The van der Waals surface area contributed by atoms with E-state index in [0.717, 1.165) is 19.3 Å². The molecule has 1 unspecified atom stereocenters. The van der Waals surface area contributed by atoms with Gasteiger partial charge in [0.25, 0.3) is 0 Å². The van der Waals surface area contributed by atoms with Crippen LogP contribution in [-0.4, -0.2) is 119 Å². The molecule has 16 nitrogen and oxygen atoms in total. The van der Waals surface area contributed by atoms with E-state index in [2.05, 4.69) is 22.9 Å². The van der Waals surface area contributed by atoms with E-state index in [4.69, 9.17) is 19.9 Å². The van der Waals surface area contributed by atoms with Crippen LogP contribution in [0.2, 0.25) is 0 Å². The molecule has 1 rings (SSSR count). The zero-order chi connectivity index (χ0) is 42.4. The Kier molecular flexibility index (Phi) is 29.5. The van der Waals surface area contributed by atoms with Gasteiger partial charge in [-0.05, 0) is 19.8 Å². The Hall–Kier alpha value is -2.73. The molecule has 16 heteroatoms. The first kappa shape index (κ1) is 52.3. The van der Waals surface area contributed by atoms with Crippen LogP contribution in [0.25, 0.3) is 0 Å². The number of esters is 2. The van der Waals surface area contributed by atoms with Gasteiger partial charge >= 0.3 is 11.9 Å². The second-order valence-electron chi connectivity index (χ2n) is 15.5. The van der Waals surface area contributed by atoms with E-state index in [1.54, 1.807) is 6.92 Å². The predicted molar refractivity (Wildman–Crippen MR) is 214 cm³/mol. The molecule has 3 amide bonds. The number of aliphatic hydroxyl groups excluding tert-OH is 4. The molecule has 0 bridgehead atoms. The third-order valence-corrected chi connectivity index (χ3v) is 10.3. The van der Waals surface area contributed by atoms with Gasteiger partial charge in [0.15, 0.2) is 6.29 Å². The first-order chi connectivity index (χ1) is 27.3. The highest BCUT2D eigenvalue weighted by atomic mass is 16.6. The maximum absolute atomic E-state index is 12.9. The fourth-order valence-corrected chi connectivity index (χ4v) is 6.90. The minimum atomic E-state index is -1.58. The summed E-state index contributed by atoms with van der Waals surface area (Å²) in [6, 6.07) is -3.71. The summed E-state index contributed by atoms with van der Waals surface area (Å²) in [5.41, 5.74) is 5.44. The van der Waals surface area contributed by atoms with Gasteiger partial charge in [0.1, 0.15) is 36.4 Å². The lowest BCUT2D eigenvalue weighted by Crippen LogP contribution is -2.65. The molecule has 0 radical (unpaired) electrons. The van der Waals surface area contributed by atoms with E-state index in [9.17, 15) is 44.4 Å². The normalized spacial score (nSPS) is 21.0.